The van der Waals surface area contributed by atoms with Crippen LogP contribution in [0.1, 0.15) is 26.3 Å². The van der Waals surface area contributed by atoms with E-state index in [9.17, 15) is 0 Å². The van der Waals surface area contributed by atoms with Gasteiger partial charge < -0.3 is 14.8 Å². The predicted molar refractivity (Wildman–Crippen MR) is 105 cm³/mol. The lowest BCUT2D eigenvalue weighted by atomic mass is 10.2. The molecule has 0 aliphatic rings. The van der Waals surface area contributed by atoms with Crippen LogP contribution in [0.3, 0.4) is 0 Å². The zero-order valence-electron chi connectivity index (χ0n) is 13.8. The Morgan fingerprint density at radius 2 is 1.92 bits per heavy atom. The fraction of sp³-hybridized carbons (Fsp3) is 0.333. The highest BCUT2D eigenvalue weighted by Crippen LogP contribution is 2.38. The van der Waals surface area contributed by atoms with Gasteiger partial charge in [0.25, 0.3) is 0 Å². The first kappa shape index (κ1) is 19.2. The van der Waals surface area contributed by atoms with E-state index in [2.05, 4.69) is 21.2 Å². The van der Waals surface area contributed by atoms with E-state index in [0.29, 0.717) is 23.2 Å². The molecule has 0 radical (unpaired) electrons. The molecule has 2 aromatic rings. The van der Waals surface area contributed by atoms with Gasteiger partial charge in [-0.1, -0.05) is 23.2 Å². The van der Waals surface area contributed by atoms with Gasteiger partial charge in [-0.2, -0.15) is 0 Å². The van der Waals surface area contributed by atoms with Gasteiger partial charge in [-0.25, -0.2) is 0 Å². The van der Waals surface area contributed by atoms with Crippen molar-refractivity contribution in [3.63, 3.8) is 0 Å². The standard InChI is InChI=1S/C18H20BrCl2NO2/c1-4-23-17-8-12(7-14(19)18(17)24-11(2)3)10-22-16-6-5-13(20)9-15(16)21/h5-9,11,22H,4,10H2,1-3H3. The van der Waals surface area contributed by atoms with Crippen LogP contribution in [0.15, 0.2) is 34.8 Å². The van der Waals surface area contributed by atoms with Crippen molar-refractivity contribution in [3.8, 4) is 11.5 Å². The smallest absolute Gasteiger partial charge is 0.175 e. The zero-order valence-corrected chi connectivity index (χ0v) is 16.9. The maximum absolute atomic E-state index is 6.19. The fourth-order valence-corrected chi connectivity index (χ4v) is 3.22. The van der Waals surface area contributed by atoms with Crippen molar-refractivity contribution in [3.05, 3.63) is 50.4 Å². The molecule has 130 valence electrons. The van der Waals surface area contributed by atoms with Crippen molar-refractivity contribution in [2.24, 2.45) is 0 Å². The van der Waals surface area contributed by atoms with E-state index in [1.165, 1.54) is 0 Å². The second kappa shape index (κ2) is 8.84. The second-order valence-electron chi connectivity index (χ2n) is 5.48. The lowest BCUT2D eigenvalue weighted by Gasteiger charge is -2.18. The Labute approximate surface area is 161 Å². The molecule has 0 aliphatic heterocycles. The van der Waals surface area contributed by atoms with Gasteiger partial charge in [0.1, 0.15) is 0 Å². The van der Waals surface area contributed by atoms with Gasteiger partial charge in [-0.05, 0) is 72.6 Å². The van der Waals surface area contributed by atoms with E-state index in [1.807, 2.05) is 39.0 Å². The van der Waals surface area contributed by atoms with Crippen molar-refractivity contribution in [1.82, 2.24) is 0 Å². The fourth-order valence-electron chi connectivity index (χ4n) is 2.17. The maximum atomic E-state index is 6.19. The topological polar surface area (TPSA) is 30.5 Å². The maximum Gasteiger partial charge on any atom is 0.175 e. The van der Waals surface area contributed by atoms with Gasteiger partial charge in [0.2, 0.25) is 0 Å². The van der Waals surface area contributed by atoms with Crippen LogP contribution in [0.25, 0.3) is 0 Å². The Morgan fingerprint density at radius 3 is 2.54 bits per heavy atom. The molecule has 0 amide bonds. The van der Waals surface area contributed by atoms with Crippen LogP contribution in [0.4, 0.5) is 5.69 Å². The summed E-state index contributed by atoms with van der Waals surface area (Å²) in [6, 6.07) is 9.36. The normalized spacial score (nSPS) is 10.8. The summed E-state index contributed by atoms with van der Waals surface area (Å²) in [5.41, 5.74) is 1.88. The molecule has 0 saturated carbocycles. The largest absolute Gasteiger partial charge is 0.490 e. The summed E-state index contributed by atoms with van der Waals surface area (Å²) in [6.07, 6.45) is 0.0670. The molecule has 1 N–H and O–H groups in total. The molecule has 0 heterocycles. The Bertz CT molecular complexity index is 708. The molecular weight excluding hydrogens is 413 g/mol. The molecule has 0 fully saturated rings. The van der Waals surface area contributed by atoms with Crippen LogP contribution >= 0.6 is 39.1 Å². The Morgan fingerprint density at radius 1 is 1.17 bits per heavy atom. The number of rotatable bonds is 7. The van der Waals surface area contributed by atoms with E-state index in [0.717, 1.165) is 27.2 Å². The Balaban J connectivity index is 2.21. The SMILES string of the molecule is CCOc1cc(CNc2ccc(Cl)cc2Cl)cc(Br)c1OC(C)C. The minimum Gasteiger partial charge on any atom is -0.490 e. The van der Waals surface area contributed by atoms with Gasteiger partial charge >= 0.3 is 0 Å². The minimum absolute atomic E-state index is 0.0670. The molecule has 0 atom stereocenters. The summed E-state index contributed by atoms with van der Waals surface area (Å²) in [4.78, 5) is 0. The minimum atomic E-state index is 0.0670. The quantitative estimate of drug-likeness (QED) is 0.537. The molecule has 0 aliphatic carbocycles. The number of benzene rings is 2. The van der Waals surface area contributed by atoms with E-state index in [4.69, 9.17) is 32.7 Å². The summed E-state index contributed by atoms with van der Waals surface area (Å²) in [5, 5.41) is 4.51. The van der Waals surface area contributed by atoms with Crippen molar-refractivity contribution in [2.45, 2.75) is 33.4 Å². The van der Waals surface area contributed by atoms with Crippen molar-refractivity contribution in [2.75, 3.05) is 11.9 Å². The predicted octanol–water partition coefficient (Wildman–Crippen LogP) is 6.55. The van der Waals surface area contributed by atoms with Crippen molar-refractivity contribution < 1.29 is 9.47 Å². The van der Waals surface area contributed by atoms with Crippen LogP contribution in [-0.4, -0.2) is 12.7 Å². The second-order valence-corrected chi connectivity index (χ2v) is 7.18. The van der Waals surface area contributed by atoms with Crippen LogP contribution in [0, 0.1) is 0 Å². The average molecular weight is 433 g/mol. The third-order valence-electron chi connectivity index (χ3n) is 3.14. The number of hydrogen-bond donors (Lipinski definition) is 1. The Kier molecular flexibility index (Phi) is 7.08. The van der Waals surface area contributed by atoms with Gasteiger partial charge in [-0.3, -0.25) is 0 Å². The molecule has 24 heavy (non-hydrogen) atoms. The average Bonchev–Trinajstić information content (AvgIpc) is 2.50. The monoisotopic (exact) mass is 431 g/mol. The van der Waals surface area contributed by atoms with E-state index in [-0.39, 0.29) is 6.10 Å². The molecular formula is C18H20BrCl2NO2. The summed E-state index contributed by atoms with van der Waals surface area (Å²) >= 11 is 15.7. The Hall–Kier alpha value is -1.10. The van der Waals surface area contributed by atoms with Gasteiger partial charge in [0.15, 0.2) is 11.5 Å². The molecule has 6 heteroatoms. The molecule has 0 unspecified atom stereocenters. The number of ether oxygens (including phenoxy) is 2. The molecule has 0 saturated heterocycles. The first-order valence-corrected chi connectivity index (χ1v) is 9.26. The van der Waals surface area contributed by atoms with Crippen LogP contribution in [0.2, 0.25) is 10.0 Å². The highest BCUT2D eigenvalue weighted by molar-refractivity contribution is 9.10. The van der Waals surface area contributed by atoms with Crippen molar-refractivity contribution >= 4 is 44.8 Å². The highest BCUT2D eigenvalue weighted by atomic mass is 79.9. The van der Waals surface area contributed by atoms with Crippen LogP contribution in [0.5, 0.6) is 11.5 Å². The third-order valence-corrected chi connectivity index (χ3v) is 4.27. The summed E-state index contributed by atoms with van der Waals surface area (Å²) < 4.78 is 12.4. The number of hydrogen-bond acceptors (Lipinski definition) is 3. The lowest BCUT2D eigenvalue weighted by molar-refractivity contribution is 0.222. The van der Waals surface area contributed by atoms with Gasteiger partial charge in [-0.15, -0.1) is 0 Å². The van der Waals surface area contributed by atoms with E-state index >= 15 is 0 Å². The van der Waals surface area contributed by atoms with E-state index in [1.54, 1.807) is 12.1 Å². The first-order valence-electron chi connectivity index (χ1n) is 7.71. The summed E-state index contributed by atoms with van der Waals surface area (Å²) in [6.45, 7) is 7.09. The molecule has 0 bridgehead atoms. The van der Waals surface area contributed by atoms with Gasteiger partial charge in [0.05, 0.1) is 27.9 Å². The highest BCUT2D eigenvalue weighted by Gasteiger charge is 2.14. The van der Waals surface area contributed by atoms with Crippen LogP contribution < -0.4 is 14.8 Å². The zero-order chi connectivity index (χ0) is 17.7. The molecule has 0 spiro atoms. The molecule has 0 aromatic heterocycles. The molecule has 2 rings (SSSR count). The number of anilines is 1. The molecule has 3 nitrogen and oxygen atoms in total. The first-order chi connectivity index (χ1) is 11.4. The molecule has 2 aromatic carbocycles. The van der Waals surface area contributed by atoms with Crippen molar-refractivity contribution in [1.29, 1.82) is 0 Å². The van der Waals surface area contributed by atoms with Gasteiger partial charge in [0, 0.05) is 11.6 Å². The summed E-state index contributed by atoms with van der Waals surface area (Å²) in [7, 11) is 0. The lowest BCUT2D eigenvalue weighted by Crippen LogP contribution is -2.09. The number of nitrogens with one attached hydrogen (secondary N) is 1. The third kappa shape index (κ3) is 5.20. The summed E-state index contributed by atoms with van der Waals surface area (Å²) in [5.74, 6) is 1.44. The number of halogens is 3. The van der Waals surface area contributed by atoms with Crippen LogP contribution in [-0.2, 0) is 6.54 Å². The van der Waals surface area contributed by atoms with E-state index < -0.39 is 0 Å².